The molecule has 0 spiro atoms. The van der Waals surface area contributed by atoms with Gasteiger partial charge in [0.15, 0.2) is 0 Å². The minimum Gasteiger partial charge on any atom is -0.487 e. The van der Waals surface area contributed by atoms with E-state index in [1.807, 2.05) is 0 Å². The monoisotopic (exact) mass is 261 g/mol. The van der Waals surface area contributed by atoms with Crippen LogP contribution in [0.2, 0.25) is 0 Å². The van der Waals surface area contributed by atoms with Crippen molar-refractivity contribution < 1.29 is 9.47 Å². The summed E-state index contributed by atoms with van der Waals surface area (Å²) in [4.78, 5) is 0. The molecule has 0 saturated carbocycles. The number of aryl methyl sites for hydroxylation is 1. The summed E-state index contributed by atoms with van der Waals surface area (Å²) >= 11 is 0. The van der Waals surface area contributed by atoms with Crippen LogP contribution in [0.4, 0.5) is 0 Å². The van der Waals surface area contributed by atoms with E-state index in [2.05, 4.69) is 30.4 Å². The summed E-state index contributed by atoms with van der Waals surface area (Å²) in [5.41, 5.74) is 2.63. The zero-order chi connectivity index (χ0) is 13.1. The summed E-state index contributed by atoms with van der Waals surface area (Å²) in [5, 5.41) is 3.39. The van der Waals surface area contributed by atoms with Gasteiger partial charge in [0.05, 0.1) is 6.61 Å². The van der Waals surface area contributed by atoms with Gasteiger partial charge in [0, 0.05) is 13.0 Å². The van der Waals surface area contributed by atoms with E-state index in [0.29, 0.717) is 6.61 Å². The molecule has 1 fully saturated rings. The summed E-state index contributed by atoms with van der Waals surface area (Å²) in [6, 6.07) is 6.41. The van der Waals surface area contributed by atoms with E-state index < -0.39 is 0 Å². The molecule has 3 nitrogen and oxygen atoms in total. The molecule has 0 aliphatic carbocycles. The number of nitrogens with one attached hydrogen (secondary N) is 1. The van der Waals surface area contributed by atoms with Crippen molar-refractivity contribution in [2.75, 3.05) is 26.3 Å². The maximum absolute atomic E-state index is 5.90. The molecular weight excluding hydrogens is 238 g/mol. The highest BCUT2D eigenvalue weighted by atomic mass is 16.5. The van der Waals surface area contributed by atoms with Gasteiger partial charge in [-0.1, -0.05) is 17.7 Å². The average molecular weight is 261 g/mol. The van der Waals surface area contributed by atoms with Gasteiger partial charge in [-0.3, -0.25) is 0 Å². The van der Waals surface area contributed by atoms with Crippen LogP contribution >= 0.6 is 0 Å². The second kappa shape index (κ2) is 5.93. The van der Waals surface area contributed by atoms with Crippen molar-refractivity contribution in [3.8, 4) is 5.75 Å². The van der Waals surface area contributed by atoms with Crippen LogP contribution in [0, 0.1) is 12.8 Å². The molecule has 19 heavy (non-hydrogen) atoms. The minimum atomic E-state index is 0.207. The lowest BCUT2D eigenvalue weighted by atomic mass is 10.1. The van der Waals surface area contributed by atoms with Gasteiger partial charge in [0.1, 0.15) is 11.9 Å². The highest BCUT2D eigenvalue weighted by Crippen LogP contribution is 2.29. The van der Waals surface area contributed by atoms with Gasteiger partial charge in [0.2, 0.25) is 0 Å². The van der Waals surface area contributed by atoms with Crippen LogP contribution in [0.1, 0.15) is 24.0 Å². The predicted molar refractivity (Wildman–Crippen MR) is 75.7 cm³/mol. The van der Waals surface area contributed by atoms with E-state index in [0.717, 1.165) is 31.2 Å². The van der Waals surface area contributed by atoms with E-state index >= 15 is 0 Å². The van der Waals surface area contributed by atoms with Gasteiger partial charge in [-0.15, -0.1) is 0 Å². The summed E-state index contributed by atoms with van der Waals surface area (Å²) in [6.07, 6.45) is 3.67. The molecule has 104 valence electrons. The largest absolute Gasteiger partial charge is 0.487 e. The maximum Gasteiger partial charge on any atom is 0.126 e. The SMILES string of the molecule is Cc1ccc2c(c1)CC(COCCC1CCNC1)O2. The van der Waals surface area contributed by atoms with Crippen molar-refractivity contribution in [2.24, 2.45) is 5.92 Å². The predicted octanol–water partition coefficient (Wildman–Crippen LogP) is 2.31. The molecule has 2 heterocycles. The molecule has 0 radical (unpaired) electrons. The standard InChI is InChI=1S/C16H23NO2/c1-12-2-3-16-14(8-12)9-15(19-16)11-18-7-5-13-4-6-17-10-13/h2-3,8,13,15,17H,4-7,9-11H2,1H3. The van der Waals surface area contributed by atoms with Crippen molar-refractivity contribution >= 4 is 0 Å². The molecule has 1 aromatic carbocycles. The Kier molecular flexibility index (Phi) is 4.04. The van der Waals surface area contributed by atoms with Crippen LogP contribution in [-0.4, -0.2) is 32.4 Å². The Morgan fingerprint density at radius 1 is 1.42 bits per heavy atom. The fraction of sp³-hybridized carbons (Fsp3) is 0.625. The first kappa shape index (κ1) is 12.9. The molecule has 2 aliphatic heterocycles. The first-order valence-corrected chi connectivity index (χ1v) is 7.36. The third-order valence-corrected chi connectivity index (χ3v) is 4.09. The summed E-state index contributed by atoms with van der Waals surface area (Å²) in [5.74, 6) is 1.85. The topological polar surface area (TPSA) is 30.5 Å². The van der Waals surface area contributed by atoms with Crippen molar-refractivity contribution in [3.05, 3.63) is 29.3 Å². The average Bonchev–Trinajstić information content (AvgIpc) is 3.02. The summed E-state index contributed by atoms with van der Waals surface area (Å²) in [6.45, 7) is 6.04. The zero-order valence-corrected chi connectivity index (χ0v) is 11.7. The lowest BCUT2D eigenvalue weighted by Gasteiger charge is -2.13. The first-order valence-electron chi connectivity index (χ1n) is 7.36. The molecule has 2 atom stereocenters. The number of ether oxygens (including phenoxy) is 2. The van der Waals surface area contributed by atoms with Gasteiger partial charge < -0.3 is 14.8 Å². The third-order valence-electron chi connectivity index (χ3n) is 4.09. The highest BCUT2D eigenvalue weighted by molar-refractivity contribution is 5.40. The van der Waals surface area contributed by atoms with E-state index in [-0.39, 0.29) is 6.10 Å². The Bertz CT molecular complexity index is 427. The Morgan fingerprint density at radius 2 is 2.37 bits per heavy atom. The third kappa shape index (κ3) is 3.28. The summed E-state index contributed by atoms with van der Waals surface area (Å²) < 4.78 is 11.7. The smallest absolute Gasteiger partial charge is 0.126 e. The molecular formula is C16H23NO2. The molecule has 0 bridgehead atoms. The second-order valence-corrected chi connectivity index (χ2v) is 5.78. The van der Waals surface area contributed by atoms with Crippen LogP contribution in [0.15, 0.2) is 18.2 Å². The van der Waals surface area contributed by atoms with E-state index in [9.17, 15) is 0 Å². The Labute approximate surface area is 115 Å². The Hall–Kier alpha value is -1.06. The molecule has 0 aromatic heterocycles. The number of fused-ring (bicyclic) bond motifs is 1. The van der Waals surface area contributed by atoms with Crippen molar-refractivity contribution in [3.63, 3.8) is 0 Å². The van der Waals surface area contributed by atoms with Crippen molar-refractivity contribution in [1.82, 2.24) is 5.32 Å². The highest BCUT2D eigenvalue weighted by Gasteiger charge is 2.23. The first-order chi connectivity index (χ1) is 9.31. The van der Waals surface area contributed by atoms with Crippen LogP contribution in [0.25, 0.3) is 0 Å². The zero-order valence-electron chi connectivity index (χ0n) is 11.7. The minimum absolute atomic E-state index is 0.207. The van der Waals surface area contributed by atoms with Crippen LogP contribution < -0.4 is 10.1 Å². The normalized spacial score (nSPS) is 25.3. The van der Waals surface area contributed by atoms with Gasteiger partial charge in [-0.2, -0.15) is 0 Å². The lowest BCUT2D eigenvalue weighted by molar-refractivity contribution is 0.0545. The number of hydrogen-bond donors (Lipinski definition) is 1. The molecule has 2 unspecified atom stereocenters. The number of benzene rings is 1. The van der Waals surface area contributed by atoms with E-state index in [1.165, 1.54) is 30.5 Å². The fourth-order valence-electron chi connectivity index (χ4n) is 2.97. The van der Waals surface area contributed by atoms with Crippen LogP contribution in [0.3, 0.4) is 0 Å². The fourth-order valence-corrected chi connectivity index (χ4v) is 2.97. The van der Waals surface area contributed by atoms with Gasteiger partial charge in [0.25, 0.3) is 0 Å². The summed E-state index contributed by atoms with van der Waals surface area (Å²) in [7, 11) is 0. The maximum atomic E-state index is 5.90. The number of hydrogen-bond acceptors (Lipinski definition) is 3. The quantitative estimate of drug-likeness (QED) is 0.825. The van der Waals surface area contributed by atoms with E-state index in [1.54, 1.807) is 0 Å². The van der Waals surface area contributed by atoms with Gasteiger partial charge in [-0.05, 0) is 50.4 Å². The van der Waals surface area contributed by atoms with Crippen molar-refractivity contribution in [2.45, 2.75) is 32.3 Å². The molecule has 1 N–H and O–H groups in total. The van der Waals surface area contributed by atoms with Gasteiger partial charge >= 0.3 is 0 Å². The molecule has 2 aliphatic rings. The van der Waals surface area contributed by atoms with Crippen LogP contribution in [-0.2, 0) is 11.2 Å². The Morgan fingerprint density at radius 3 is 3.21 bits per heavy atom. The lowest BCUT2D eigenvalue weighted by Crippen LogP contribution is -2.21. The molecule has 0 amide bonds. The number of rotatable bonds is 5. The Balaban J connectivity index is 1.38. The second-order valence-electron chi connectivity index (χ2n) is 5.78. The van der Waals surface area contributed by atoms with Crippen LogP contribution in [0.5, 0.6) is 5.75 Å². The molecule has 1 aromatic rings. The molecule has 1 saturated heterocycles. The molecule has 3 rings (SSSR count). The molecule has 3 heteroatoms. The van der Waals surface area contributed by atoms with Gasteiger partial charge in [-0.25, -0.2) is 0 Å². The van der Waals surface area contributed by atoms with E-state index in [4.69, 9.17) is 9.47 Å². The van der Waals surface area contributed by atoms with Crippen molar-refractivity contribution in [1.29, 1.82) is 0 Å².